The molecule has 2 atom stereocenters. The van der Waals surface area contributed by atoms with Gasteiger partial charge in [0.2, 0.25) is 10.0 Å². The highest BCUT2D eigenvalue weighted by molar-refractivity contribution is 7.89. The molecule has 1 saturated carbocycles. The molecule has 2 rings (SSSR count). The Morgan fingerprint density at radius 2 is 2.10 bits per heavy atom. The Morgan fingerprint density at radius 1 is 1.40 bits per heavy atom. The number of rotatable bonds is 4. The van der Waals surface area contributed by atoms with E-state index >= 15 is 0 Å². The second-order valence-electron chi connectivity index (χ2n) is 5.19. The molecule has 0 saturated heterocycles. The molecule has 0 amide bonds. The van der Waals surface area contributed by atoms with E-state index < -0.39 is 26.7 Å². The SMILES string of the molecule is CC1CCC(NS(=O)(=O)c2ccc(C(=O)O)cc2F)C1. The van der Waals surface area contributed by atoms with E-state index in [-0.39, 0.29) is 11.6 Å². The molecule has 0 heterocycles. The van der Waals surface area contributed by atoms with Crippen molar-refractivity contribution < 1.29 is 22.7 Å². The van der Waals surface area contributed by atoms with Gasteiger partial charge in [-0.15, -0.1) is 0 Å². The molecule has 2 unspecified atom stereocenters. The Kier molecular flexibility index (Phi) is 4.10. The maximum Gasteiger partial charge on any atom is 0.335 e. The Bertz CT molecular complexity index is 629. The van der Waals surface area contributed by atoms with Gasteiger partial charge in [0.15, 0.2) is 0 Å². The smallest absolute Gasteiger partial charge is 0.335 e. The van der Waals surface area contributed by atoms with Crippen LogP contribution in [0.4, 0.5) is 4.39 Å². The molecule has 0 radical (unpaired) electrons. The molecule has 110 valence electrons. The molecule has 1 aliphatic rings. The molecule has 1 fully saturated rings. The molecule has 0 aromatic heterocycles. The quantitative estimate of drug-likeness (QED) is 0.891. The summed E-state index contributed by atoms with van der Waals surface area (Å²) in [6, 6.07) is 2.60. The molecule has 0 bridgehead atoms. The number of carboxylic acid groups (broad SMARTS) is 1. The van der Waals surface area contributed by atoms with Crippen LogP contribution in [0.2, 0.25) is 0 Å². The third kappa shape index (κ3) is 3.16. The minimum Gasteiger partial charge on any atom is -0.478 e. The van der Waals surface area contributed by atoms with Crippen LogP contribution in [0.3, 0.4) is 0 Å². The van der Waals surface area contributed by atoms with Crippen LogP contribution in [0, 0.1) is 11.7 Å². The molecule has 20 heavy (non-hydrogen) atoms. The van der Waals surface area contributed by atoms with Crippen molar-refractivity contribution in [2.24, 2.45) is 5.92 Å². The Labute approximate surface area is 116 Å². The van der Waals surface area contributed by atoms with E-state index in [4.69, 9.17) is 5.11 Å². The van der Waals surface area contributed by atoms with Crippen molar-refractivity contribution in [3.8, 4) is 0 Å². The van der Waals surface area contributed by atoms with Crippen LogP contribution >= 0.6 is 0 Å². The number of hydrogen-bond acceptors (Lipinski definition) is 3. The maximum atomic E-state index is 13.8. The van der Waals surface area contributed by atoms with Crippen molar-refractivity contribution in [3.05, 3.63) is 29.6 Å². The number of carboxylic acids is 1. The number of halogens is 1. The lowest BCUT2D eigenvalue weighted by molar-refractivity contribution is 0.0696. The van der Waals surface area contributed by atoms with Gasteiger partial charge in [-0.25, -0.2) is 22.3 Å². The van der Waals surface area contributed by atoms with E-state index in [0.717, 1.165) is 31.4 Å². The molecule has 1 aliphatic carbocycles. The minimum absolute atomic E-state index is 0.187. The van der Waals surface area contributed by atoms with E-state index in [1.54, 1.807) is 0 Å². The van der Waals surface area contributed by atoms with Gasteiger partial charge in [-0.1, -0.05) is 6.92 Å². The van der Waals surface area contributed by atoms with Crippen LogP contribution in [0.1, 0.15) is 36.5 Å². The maximum absolute atomic E-state index is 13.8. The monoisotopic (exact) mass is 301 g/mol. The standard InChI is InChI=1S/C13H16FNO4S/c1-8-2-4-10(6-8)15-20(18,19)12-5-3-9(13(16)17)7-11(12)14/h3,5,7-8,10,15H,2,4,6H2,1H3,(H,16,17). The molecule has 7 heteroatoms. The van der Waals surface area contributed by atoms with Gasteiger partial charge in [-0.05, 0) is 43.4 Å². The highest BCUT2D eigenvalue weighted by Crippen LogP contribution is 2.26. The van der Waals surface area contributed by atoms with Crippen molar-refractivity contribution in [2.75, 3.05) is 0 Å². The lowest BCUT2D eigenvalue weighted by atomic mass is 10.1. The number of sulfonamides is 1. The van der Waals surface area contributed by atoms with E-state index in [2.05, 4.69) is 4.72 Å². The van der Waals surface area contributed by atoms with Crippen molar-refractivity contribution in [1.82, 2.24) is 4.72 Å². The van der Waals surface area contributed by atoms with Gasteiger partial charge in [-0.2, -0.15) is 0 Å². The molecular formula is C13H16FNO4S. The predicted octanol–water partition coefficient (Wildman–Crippen LogP) is 1.99. The summed E-state index contributed by atoms with van der Waals surface area (Å²) in [4.78, 5) is 10.2. The summed E-state index contributed by atoms with van der Waals surface area (Å²) < 4.78 is 40.4. The van der Waals surface area contributed by atoms with E-state index in [1.807, 2.05) is 6.92 Å². The molecule has 0 spiro atoms. The largest absolute Gasteiger partial charge is 0.478 e. The fourth-order valence-electron chi connectivity index (χ4n) is 2.45. The Balaban J connectivity index is 2.23. The van der Waals surface area contributed by atoms with Crippen LogP contribution in [0.25, 0.3) is 0 Å². The Hall–Kier alpha value is -1.47. The minimum atomic E-state index is -3.96. The number of nitrogens with one attached hydrogen (secondary N) is 1. The summed E-state index contributed by atoms with van der Waals surface area (Å²) >= 11 is 0. The molecular weight excluding hydrogens is 285 g/mol. The fraction of sp³-hybridized carbons (Fsp3) is 0.462. The molecule has 1 aromatic carbocycles. The van der Waals surface area contributed by atoms with Crippen molar-refractivity contribution in [2.45, 2.75) is 37.1 Å². The first-order valence-corrected chi connectivity index (χ1v) is 7.83. The zero-order valence-corrected chi connectivity index (χ0v) is 11.8. The highest BCUT2D eigenvalue weighted by Gasteiger charge is 2.28. The van der Waals surface area contributed by atoms with E-state index in [1.165, 1.54) is 0 Å². The van der Waals surface area contributed by atoms with E-state index in [9.17, 15) is 17.6 Å². The number of carbonyl (C=O) groups is 1. The van der Waals surface area contributed by atoms with Gasteiger partial charge in [-0.3, -0.25) is 0 Å². The molecule has 2 N–H and O–H groups in total. The Morgan fingerprint density at radius 3 is 2.60 bits per heavy atom. The van der Waals surface area contributed by atoms with Gasteiger partial charge >= 0.3 is 5.97 Å². The first-order chi connectivity index (χ1) is 9.29. The summed E-state index contributed by atoms with van der Waals surface area (Å²) in [5.41, 5.74) is -0.282. The summed E-state index contributed by atoms with van der Waals surface area (Å²) in [5, 5.41) is 8.73. The van der Waals surface area contributed by atoms with Crippen LogP contribution in [0.15, 0.2) is 23.1 Å². The van der Waals surface area contributed by atoms with Crippen LogP contribution in [-0.2, 0) is 10.0 Å². The van der Waals surface area contributed by atoms with E-state index in [0.29, 0.717) is 12.0 Å². The second-order valence-corrected chi connectivity index (χ2v) is 6.87. The lowest BCUT2D eigenvalue weighted by Gasteiger charge is -2.13. The van der Waals surface area contributed by atoms with Gasteiger partial charge in [0.25, 0.3) is 0 Å². The first-order valence-electron chi connectivity index (χ1n) is 6.35. The number of aromatic carboxylic acids is 1. The summed E-state index contributed by atoms with van der Waals surface area (Å²) in [7, 11) is -3.96. The zero-order chi connectivity index (χ0) is 14.9. The van der Waals surface area contributed by atoms with Gasteiger partial charge in [0, 0.05) is 6.04 Å². The van der Waals surface area contributed by atoms with Crippen LogP contribution in [-0.4, -0.2) is 25.5 Å². The van der Waals surface area contributed by atoms with Gasteiger partial charge < -0.3 is 5.11 Å². The zero-order valence-electron chi connectivity index (χ0n) is 11.0. The van der Waals surface area contributed by atoms with Crippen molar-refractivity contribution in [3.63, 3.8) is 0 Å². The first kappa shape index (κ1) is 14.9. The van der Waals surface area contributed by atoms with Crippen molar-refractivity contribution >= 4 is 16.0 Å². The number of hydrogen-bond donors (Lipinski definition) is 2. The van der Waals surface area contributed by atoms with Crippen LogP contribution < -0.4 is 4.72 Å². The molecule has 5 nitrogen and oxygen atoms in total. The normalized spacial score (nSPS) is 22.9. The van der Waals surface area contributed by atoms with Crippen molar-refractivity contribution in [1.29, 1.82) is 0 Å². The predicted molar refractivity (Wildman–Crippen MR) is 70.5 cm³/mol. The van der Waals surface area contributed by atoms with Gasteiger partial charge in [0.1, 0.15) is 10.7 Å². The molecule has 0 aliphatic heterocycles. The summed E-state index contributed by atoms with van der Waals surface area (Å²) in [5.74, 6) is -1.91. The third-order valence-corrected chi connectivity index (χ3v) is 5.04. The summed E-state index contributed by atoms with van der Waals surface area (Å²) in [6.45, 7) is 2.04. The molecule has 1 aromatic rings. The lowest BCUT2D eigenvalue weighted by Crippen LogP contribution is -2.33. The average molecular weight is 301 g/mol. The van der Waals surface area contributed by atoms with Gasteiger partial charge in [0.05, 0.1) is 5.56 Å². The summed E-state index contributed by atoms with van der Waals surface area (Å²) in [6.07, 6.45) is 2.40. The second kappa shape index (κ2) is 5.49. The third-order valence-electron chi connectivity index (χ3n) is 3.48. The topological polar surface area (TPSA) is 83.5 Å². The number of benzene rings is 1. The highest BCUT2D eigenvalue weighted by atomic mass is 32.2. The van der Waals surface area contributed by atoms with Crippen LogP contribution in [0.5, 0.6) is 0 Å². The average Bonchev–Trinajstić information content (AvgIpc) is 2.73. The fourth-order valence-corrected chi connectivity index (χ4v) is 3.79.